The van der Waals surface area contributed by atoms with E-state index >= 15 is 0 Å². The molecule has 0 aromatic carbocycles. The fourth-order valence-electron chi connectivity index (χ4n) is 1.70. The van der Waals surface area contributed by atoms with Crippen molar-refractivity contribution < 1.29 is 17.9 Å². The van der Waals surface area contributed by atoms with E-state index in [1.807, 2.05) is 0 Å². The van der Waals surface area contributed by atoms with Crippen LogP contribution in [0.4, 0.5) is 0 Å². The molecule has 0 bridgehead atoms. The second kappa shape index (κ2) is 2.93. The summed E-state index contributed by atoms with van der Waals surface area (Å²) in [5, 5.41) is 4.99. The predicted molar refractivity (Wildman–Crippen MR) is 48.3 cm³/mol. The van der Waals surface area contributed by atoms with Crippen LogP contribution < -0.4 is 5.14 Å². The van der Waals surface area contributed by atoms with Gasteiger partial charge in [0.15, 0.2) is 0 Å². The van der Waals surface area contributed by atoms with Gasteiger partial charge in [-0.05, 0) is 6.08 Å². The van der Waals surface area contributed by atoms with Gasteiger partial charge < -0.3 is 4.74 Å². The lowest BCUT2D eigenvalue weighted by Gasteiger charge is -2.16. The molecule has 2 N–H and O–H groups in total. The third-order valence-electron chi connectivity index (χ3n) is 2.35. The van der Waals surface area contributed by atoms with Crippen LogP contribution in [-0.4, -0.2) is 21.0 Å². The smallest absolute Gasteiger partial charge is 0.314 e. The van der Waals surface area contributed by atoms with E-state index in [2.05, 4.69) is 0 Å². The Morgan fingerprint density at radius 3 is 2.86 bits per heavy atom. The molecular formula is C8H9NO4S. The van der Waals surface area contributed by atoms with Crippen molar-refractivity contribution in [1.82, 2.24) is 0 Å². The molecule has 0 saturated carbocycles. The van der Waals surface area contributed by atoms with Crippen molar-refractivity contribution in [3.63, 3.8) is 0 Å². The highest BCUT2D eigenvalue weighted by Crippen LogP contribution is 2.34. The van der Waals surface area contributed by atoms with Gasteiger partial charge in [-0.1, -0.05) is 12.2 Å². The maximum atomic E-state index is 11.2. The van der Waals surface area contributed by atoms with Gasteiger partial charge >= 0.3 is 5.97 Å². The second-order valence-electron chi connectivity index (χ2n) is 3.27. The summed E-state index contributed by atoms with van der Waals surface area (Å²) >= 11 is 0. The van der Waals surface area contributed by atoms with Gasteiger partial charge in [-0.15, -0.1) is 0 Å². The molecule has 76 valence electrons. The summed E-state index contributed by atoms with van der Waals surface area (Å²) in [5.41, 5.74) is 0. The molecule has 14 heavy (non-hydrogen) atoms. The van der Waals surface area contributed by atoms with Crippen LogP contribution in [0.3, 0.4) is 0 Å². The number of cyclic esters (lactones) is 1. The second-order valence-corrected chi connectivity index (χ2v) is 4.83. The summed E-state index contributed by atoms with van der Waals surface area (Å²) in [7, 11) is -3.80. The molecule has 2 unspecified atom stereocenters. The minimum Gasteiger partial charge on any atom is -0.465 e. The van der Waals surface area contributed by atoms with Crippen LogP contribution in [0, 0.1) is 11.8 Å². The number of ether oxygens (including phenoxy) is 1. The van der Waals surface area contributed by atoms with E-state index in [9.17, 15) is 13.2 Å². The van der Waals surface area contributed by atoms with Crippen molar-refractivity contribution in [2.45, 2.75) is 0 Å². The maximum Gasteiger partial charge on any atom is 0.314 e. The number of hydrogen-bond acceptors (Lipinski definition) is 4. The minimum absolute atomic E-state index is 0.0486. The van der Waals surface area contributed by atoms with E-state index in [0.717, 1.165) is 0 Å². The highest BCUT2D eigenvalue weighted by molar-refractivity contribution is 7.93. The van der Waals surface area contributed by atoms with Crippen molar-refractivity contribution in [3.05, 3.63) is 23.1 Å². The third-order valence-corrected chi connectivity index (χ3v) is 3.40. The number of fused-ring (bicyclic) bond motifs is 1. The lowest BCUT2D eigenvalue weighted by molar-refractivity contribution is -0.140. The molecule has 1 aliphatic carbocycles. The van der Waals surface area contributed by atoms with E-state index in [0.29, 0.717) is 0 Å². The average molecular weight is 215 g/mol. The number of nitrogens with two attached hydrogens (primary N) is 1. The van der Waals surface area contributed by atoms with Crippen molar-refractivity contribution in [3.8, 4) is 0 Å². The molecule has 1 aliphatic heterocycles. The lowest BCUT2D eigenvalue weighted by atomic mass is 9.91. The number of carbonyl (C=O) groups is 1. The normalized spacial score (nSPS) is 30.9. The zero-order valence-corrected chi connectivity index (χ0v) is 8.03. The third kappa shape index (κ3) is 1.36. The van der Waals surface area contributed by atoms with Crippen molar-refractivity contribution >= 4 is 16.0 Å². The first-order valence-electron chi connectivity index (χ1n) is 4.08. The van der Waals surface area contributed by atoms with Gasteiger partial charge in [0.05, 0.1) is 11.5 Å². The summed E-state index contributed by atoms with van der Waals surface area (Å²) in [6.07, 6.45) is 4.69. The molecule has 2 aliphatic rings. The molecule has 1 saturated heterocycles. The quantitative estimate of drug-likeness (QED) is 0.598. The summed E-state index contributed by atoms with van der Waals surface area (Å²) < 4.78 is 27.1. The Morgan fingerprint density at radius 2 is 2.21 bits per heavy atom. The molecule has 2 atom stereocenters. The van der Waals surface area contributed by atoms with Gasteiger partial charge in [-0.2, -0.15) is 0 Å². The zero-order valence-electron chi connectivity index (χ0n) is 7.21. The van der Waals surface area contributed by atoms with Gasteiger partial charge in [0, 0.05) is 5.92 Å². The largest absolute Gasteiger partial charge is 0.465 e. The molecule has 0 spiro atoms. The highest BCUT2D eigenvalue weighted by Gasteiger charge is 2.42. The maximum absolute atomic E-state index is 11.2. The number of sulfonamides is 1. The minimum atomic E-state index is -3.80. The molecule has 0 radical (unpaired) electrons. The number of rotatable bonds is 1. The van der Waals surface area contributed by atoms with E-state index in [-0.39, 0.29) is 17.4 Å². The van der Waals surface area contributed by atoms with Crippen LogP contribution in [-0.2, 0) is 19.6 Å². The Morgan fingerprint density at radius 1 is 1.50 bits per heavy atom. The number of primary sulfonamides is 1. The molecule has 0 aromatic heterocycles. The summed E-state index contributed by atoms with van der Waals surface area (Å²) in [4.78, 5) is 11.2. The van der Waals surface area contributed by atoms with Gasteiger partial charge in [-0.25, -0.2) is 13.6 Å². The van der Waals surface area contributed by atoms with Gasteiger partial charge in [0.2, 0.25) is 10.0 Å². The Labute approximate surface area is 81.3 Å². The standard InChI is InChI=1S/C8H9NO4S/c9-14(11,12)6-3-1-2-5-4-13-8(10)7(5)6/h1-3,5,7H,4H2,(H2,9,11,12). The fourth-order valence-corrected chi connectivity index (χ4v) is 2.59. The SMILES string of the molecule is NS(=O)(=O)C1=CC=CC2COC(=O)C12. The van der Waals surface area contributed by atoms with E-state index in [1.165, 1.54) is 6.08 Å². The first kappa shape index (κ1) is 9.42. The van der Waals surface area contributed by atoms with Crippen LogP contribution in [0.2, 0.25) is 0 Å². The van der Waals surface area contributed by atoms with E-state index in [4.69, 9.17) is 9.88 Å². The highest BCUT2D eigenvalue weighted by atomic mass is 32.2. The molecule has 5 nitrogen and oxygen atoms in total. The molecule has 6 heteroatoms. The summed E-state index contributed by atoms with van der Waals surface area (Å²) in [6, 6.07) is 0. The predicted octanol–water partition coefficient (Wildman–Crippen LogP) is -0.482. The monoisotopic (exact) mass is 215 g/mol. The van der Waals surface area contributed by atoms with Crippen molar-refractivity contribution in [2.24, 2.45) is 17.0 Å². The number of carbonyl (C=O) groups excluding carboxylic acids is 1. The van der Waals surface area contributed by atoms with E-state index < -0.39 is 21.9 Å². The van der Waals surface area contributed by atoms with Gasteiger partial charge in [0.25, 0.3) is 0 Å². The first-order chi connectivity index (χ1) is 6.50. The number of hydrogen-bond donors (Lipinski definition) is 1. The van der Waals surface area contributed by atoms with Crippen molar-refractivity contribution in [2.75, 3.05) is 6.61 Å². The van der Waals surface area contributed by atoms with E-state index in [1.54, 1.807) is 12.2 Å². The summed E-state index contributed by atoms with van der Waals surface area (Å²) in [6.45, 7) is 0.229. The molecule has 2 rings (SSSR count). The molecule has 1 fully saturated rings. The van der Waals surface area contributed by atoms with Crippen LogP contribution >= 0.6 is 0 Å². The number of allylic oxidation sites excluding steroid dienone is 2. The molecule has 0 aromatic rings. The lowest BCUT2D eigenvalue weighted by Crippen LogP contribution is -2.28. The van der Waals surface area contributed by atoms with Crippen LogP contribution in [0.25, 0.3) is 0 Å². The molecular weight excluding hydrogens is 206 g/mol. The van der Waals surface area contributed by atoms with Crippen LogP contribution in [0.15, 0.2) is 23.1 Å². The molecule has 0 amide bonds. The zero-order chi connectivity index (χ0) is 10.3. The Bertz CT molecular complexity index is 434. The average Bonchev–Trinajstić information content (AvgIpc) is 2.46. The van der Waals surface area contributed by atoms with Gasteiger partial charge in [-0.3, -0.25) is 4.79 Å². The Hall–Kier alpha value is -1.14. The molecule has 1 heterocycles. The summed E-state index contributed by atoms with van der Waals surface area (Å²) in [5.74, 6) is -1.45. The fraction of sp³-hybridized carbons (Fsp3) is 0.375. The van der Waals surface area contributed by atoms with Gasteiger partial charge in [0.1, 0.15) is 5.92 Å². The first-order valence-corrected chi connectivity index (χ1v) is 5.62. The topological polar surface area (TPSA) is 86.5 Å². The van der Waals surface area contributed by atoms with Crippen LogP contribution in [0.5, 0.6) is 0 Å². The van der Waals surface area contributed by atoms with Crippen molar-refractivity contribution in [1.29, 1.82) is 0 Å². The Balaban J connectivity index is 2.47. The number of esters is 1. The van der Waals surface area contributed by atoms with Crippen LogP contribution in [0.1, 0.15) is 0 Å². The Kier molecular flexibility index (Phi) is 1.97.